The Kier molecular flexibility index (Phi) is 7.24. The van der Waals surface area contributed by atoms with Gasteiger partial charge in [0.25, 0.3) is 0 Å². The van der Waals surface area contributed by atoms with Crippen LogP contribution in [0.3, 0.4) is 0 Å². The predicted molar refractivity (Wildman–Crippen MR) is 117 cm³/mol. The van der Waals surface area contributed by atoms with Crippen molar-refractivity contribution in [3.8, 4) is 0 Å². The third-order valence-corrected chi connectivity index (χ3v) is 9.22. The number of hydrogen-bond acceptors (Lipinski definition) is 9. The molecule has 1 saturated heterocycles. The van der Waals surface area contributed by atoms with Gasteiger partial charge in [-0.1, -0.05) is 12.8 Å². The first-order valence-electron chi connectivity index (χ1n) is 10.3. The Balaban J connectivity index is 1.52. The van der Waals surface area contributed by atoms with Gasteiger partial charge in [-0.05, 0) is 30.9 Å². The van der Waals surface area contributed by atoms with Crippen molar-refractivity contribution in [1.29, 1.82) is 0 Å². The Morgan fingerprint density at radius 1 is 1.27 bits per heavy atom. The van der Waals surface area contributed by atoms with Crippen LogP contribution >= 0.6 is 26.8 Å². The lowest BCUT2D eigenvalue weighted by Crippen LogP contribution is -2.18. The Morgan fingerprint density at radius 2 is 2.00 bits per heavy atom. The van der Waals surface area contributed by atoms with Crippen LogP contribution in [0.1, 0.15) is 38.3 Å². The molecule has 0 bridgehead atoms. The Bertz CT molecular complexity index is 1120. The molecule has 4 rings (SSSR count). The van der Waals surface area contributed by atoms with Crippen LogP contribution in [0.2, 0.25) is 5.28 Å². The maximum atomic E-state index is 11.9. The molecule has 2 fully saturated rings. The smallest absolute Gasteiger partial charge is 0.340 e. The van der Waals surface area contributed by atoms with E-state index in [4.69, 9.17) is 30.6 Å². The second kappa shape index (κ2) is 9.67. The molecule has 13 nitrogen and oxygen atoms in total. The van der Waals surface area contributed by atoms with E-state index in [-0.39, 0.29) is 17.7 Å². The van der Waals surface area contributed by atoms with Gasteiger partial charge in [-0.3, -0.25) is 13.7 Å². The first-order chi connectivity index (χ1) is 15.5. The average Bonchev–Trinajstić information content (AvgIpc) is 3.43. The highest BCUT2D eigenvalue weighted by Gasteiger charge is 2.39. The molecule has 182 valence electrons. The number of ether oxygens (including phenoxy) is 1. The molecule has 16 heteroatoms. The molecule has 1 aliphatic heterocycles. The summed E-state index contributed by atoms with van der Waals surface area (Å²) in [5.41, 5.74) is 0.837. The Morgan fingerprint density at radius 3 is 2.67 bits per heavy atom. The molecule has 0 radical (unpaired) electrons. The van der Waals surface area contributed by atoms with Gasteiger partial charge in [0, 0.05) is 6.04 Å². The van der Waals surface area contributed by atoms with Gasteiger partial charge >= 0.3 is 15.2 Å². The number of rotatable bonds is 9. The first kappa shape index (κ1) is 24.7. The normalized spacial score (nSPS) is 26.0. The number of carbonyl (C=O) groups excluding carboxylic acids is 1. The number of nitrogens with one attached hydrogen (secondary N) is 1. The van der Waals surface area contributed by atoms with Crippen molar-refractivity contribution in [1.82, 2.24) is 19.5 Å². The van der Waals surface area contributed by atoms with Crippen LogP contribution in [0.4, 0.5) is 5.82 Å². The Hall–Kier alpha value is -1.43. The molecule has 1 unspecified atom stereocenters. The summed E-state index contributed by atoms with van der Waals surface area (Å²) in [5.74, 6) is -1.45. The van der Waals surface area contributed by atoms with E-state index < -0.39 is 46.0 Å². The molecule has 0 aromatic carbocycles. The number of fused-ring (bicyclic) bond motifs is 1. The summed E-state index contributed by atoms with van der Waals surface area (Å²) in [4.78, 5) is 52.1. The highest BCUT2D eigenvalue weighted by Crippen LogP contribution is 2.55. The number of imidazole rings is 1. The molecule has 0 amide bonds. The van der Waals surface area contributed by atoms with Crippen LogP contribution in [-0.4, -0.2) is 65.1 Å². The lowest BCUT2D eigenvalue weighted by Gasteiger charge is -2.19. The van der Waals surface area contributed by atoms with E-state index in [1.54, 1.807) is 4.57 Å². The molecule has 2 aliphatic rings. The summed E-state index contributed by atoms with van der Waals surface area (Å²) in [6.45, 7) is -0.425. The average molecular weight is 524 g/mol. The van der Waals surface area contributed by atoms with Crippen molar-refractivity contribution in [3.05, 3.63) is 11.6 Å². The third-order valence-electron chi connectivity index (χ3n) is 5.60. The molecule has 4 N–H and O–H groups in total. The zero-order chi connectivity index (χ0) is 23.8. The number of carbonyl (C=O) groups is 1. The fourth-order valence-corrected chi connectivity index (χ4v) is 6.94. The summed E-state index contributed by atoms with van der Waals surface area (Å²) in [6, 6.07) is 0.263. The van der Waals surface area contributed by atoms with E-state index >= 15 is 0 Å². The number of aromatic nitrogens is 4. The molecule has 3 heterocycles. The number of anilines is 1. The summed E-state index contributed by atoms with van der Waals surface area (Å²) < 4.78 is 35.2. The zero-order valence-electron chi connectivity index (χ0n) is 17.4. The van der Waals surface area contributed by atoms with Gasteiger partial charge in [0.2, 0.25) is 5.28 Å². The lowest BCUT2D eigenvalue weighted by atomic mass is 10.1. The maximum Gasteiger partial charge on any atom is 0.340 e. The van der Waals surface area contributed by atoms with Crippen LogP contribution in [0.5, 0.6) is 0 Å². The van der Waals surface area contributed by atoms with Crippen molar-refractivity contribution in [2.24, 2.45) is 5.92 Å². The predicted octanol–water partition coefficient (Wildman–Crippen LogP) is 2.27. The number of hydrogen-bond donors (Lipinski definition) is 4. The minimum Gasteiger partial charge on any atom is -0.365 e. The van der Waals surface area contributed by atoms with Gasteiger partial charge in [0.1, 0.15) is 12.5 Å². The molecule has 1 saturated carbocycles. The van der Waals surface area contributed by atoms with Crippen molar-refractivity contribution < 1.29 is 37.9 Å². The first-order valence-corrected chi connectivity index (χ1v) is 14.3. The SMILES string of the molecule is O=C[C@@H]1C[C@@H](COP(=O)(O)CP(=O)(O)O)O[C@H]1n1cnc2c(NC3CCCC3)nc(Cl)nc21. The lowest BCUT2D eigenvalue weighted by molar-refractivity contribution is -0.114. The number of nitrogens with zero attached hydrogens (tertiary/aromatic N) is 4. The van der Waals surface area contributed by atoms with Gasteiger partial charge in [-0.2, -0.15) is 9.97 Å². The van der Waals surface area contributed by atoms with Crippen molar-refractivity contribution in [2.45, 2.75) is 50.5 Å². The van der Waals surface area contributed by atoms with Crippen LogP contribution in [0.25, 0.3) is 11.2 Å². The standard InChI is InChI=1S/C17H24ClN5O8P2/c18-17-21-14(20-11-3-1-2-4-11)13-15(22-17)23(8-19-13)16-10(6-24)5-12(31-16)7-30-33(28,29)9-32(25,26)27/h6,8,10-12,16H,1-5,7,9H2,(H,28,29)(H,20,21,22)(H2,25,26,27)/t10-,12-,16+/m0/s1. The quantitative estimate of drug-likeness (QED) is 0.214. The van der Waals surface area contributed by atoms with Crippen LogP contribution < -0.4 is 5.32 Å². The molecule has 2 aromatic rings. The molecule has 4 atom stereocenters. The molecule has 33 heavy (non-hydrogen) atoms. The topological polar surface area (TPSA) is 186 Å². The minimum absolute atomic E-state index is 0.00364. The summed E-state index contributed by atoms with van der Waals surface area (Å²) in [5, 5.41) is 3.36. The fraction of sp³-hybridized carbons (Fsp3) is 0.647. The molecular formula is C17H24ClN5O8P2. The van der Waals surface area contributed by atoms with Crippen LogP contribution in [0.15, 0.2) is 6.33 Å². The van der Waals surface area contributed by atoms with E-state index in [1.165, 1.54) is 6.33 Å². The second-order valence-corrected chi connectivity index (χ2v) is 12.5. The van der Waals surface area contributed by atoms with Gasteiger partial charge in [-0.15, -0.1) is 0 Å². The maximum absolute atomic E-state index is 11.9. The molecule has 0 spiro atoms. The van der Waals surface area contributed by atoms with Gasteiger partial charge < -0.3 is 34.1 Å². The zero-order valence-corrected chi connectivity index (χ0v) is 19.9. The van der Waals surface area contributed by atoms with E-state index in [9.17, 15) is 18.8 Å². The van der Waals surface area contributed by atoms with Crippen molar-refractivity contribution in [3.63, 3.8) is 0 Å². The molecule has 2 aromatic heterocycles. The van der Waals surface area contributed by atoms with Gasteiger partial charge in [0.05, 0.1) is 25.0 Å². The summed E-state index contributed by atoms with van der Waals surface area (Å²) in [7, 11) is -9.28. The third kappa shape index (κ3) is 5.98. The van der Waals surface area contributed by atoms with Gasteiger partial charge in [-0.25, -0.2) is 4.98 Å². The van der Waals surface area contributed by atoms with Crippen molar-refractivity contribution >= 4 is 50.1 Å². The Labute approximate surface area is 193 Å². The van der Waals surface area contributed by atoms with E-state index in [2.05, 4.69) is 20.3 Å². The largest absolute Gasteiger partial charge is 0.365 e. The fourth-order valence-electron chi connectivity index (χ4n) is 4.19. The second-order valence-electron chi connectivity index (χ2n) is 8.21. The van der Waals surface area contributed by atoms with Crippen LogP contribution in [-0.2, 0) is 23.2 Å². The highest BCUT2D eigenvalue weighted by molar-refractivity contribution is 7.70. The molecule has 1 aliphatic carbocycles. The molecular weight excluding hydrogens is 500 g/mol. The highest BCUT2D eigenvalue weighted by atomic mass is 35.5. The van der Waals surface area contributed by atoms with Crippen LogP contribution in [0, 0.1) is 5.92 Å². The summed E-state index contributed by atoms with van der Waals surface area (Å²) in [6.07, 6.45) is 5.01. The monoisotopic (exact) mass is 523 g/mol. The minimum atomic E-state index is -4.75. The van der Waals surface area contributed by atoms with E-state index in [0.717, 1.165) is 25.7 Å². The van der Waals surface area contributed by atoms with E-state index in [0.29, 0.717) is 23.3 Å². The van der Waals surface area contributed by atoms with Crippen molar-refractivity contribution in [2.75, 3.05) is 17.8 Å². The van der Waals surface area contributed by atoms with E-state index in [1.807, 2.05) is 0 Å². The van der Waals surface area contributed by atoms with Gasteiger partial charge in [0.15, 0.2) is 22.9 Å². The number of aldehydes is 1. The summed E-state index contributed by atoms with van der Waals surface area (Å²) >= 11 is 6.14. The number of halogens is 1.